The normalized spacial score (nSPS) is 14.8. The highest BCUT2D eigenvalue weighted by Crippen LogP contribution is 2.25. The van der Waals surface area contributed by atoms with Crippen LogP contribution < -0.4 is 4.74 Å². The lowest BCUT2D eigenvalue weighted by Gasteiger charge is -2.32. The van der Waals surface area contributed by atoms with Gasteiger partial charge < -0.3 is 14.7 Å². The molecule has 1 fully saturated rings. The first kappa shape index (κ1) is 19.0. The zero-order valence-corrected chi connectivity index (χ0v) is 15.6. The van der Waals surface area contributed by atoms with E-state index in [1.54, 1.807) is 19.2 Å². The molecule has 5 heteroatoms. The largest absolute Gasteiger partial charge is 0.496 e. The maximum atomic E-state index is 12.6. The van der Waals surface area contributed by atoms with Gasteiger partial charge in [-0.15, -0.1) is 0 Å². The number of hydrogen-bond acceptors (Lipinski definition) is 3. The topological polar surface area (TPSA) is 66.8 Å². The molecule has 3 rings (SSSR count). The molecule has 1 saturated heterocycles. The molecular formula is C22H25NO4. The molecule has 0 saturated carbocycles. The zero-order chi connectivity index (χ0) is 19.2. The number of amides is 1. The van der Waals surface area contributed by atoms with Crippen molar-refractivity contribution in [3.8, 4) is 5.75 Å². The van der Waals surface area contributed by atoms with Gasteiger partial charge in [0, 0.05) is 18.7 Å². The van der Waals surface area contributed by atoms with Crippen molar-refractivity contribution >= 4 is 11.9 Å². The molecule has 27 heavy (non-hydrogen) atoms. The number of carboxylic acid groups (broad SMARTS) is 1. The number of para-hydroxylation sites is 1. The van der Waals surface area contributed by atoms with Gasteiger partial charge in [-0.05, 0) is 42.9 Å². The Bertz CT molecular complexity index is 809. The third kappa shape index (κ3) is 4.67. The second-order valence-corrected chi connectivity index (χ2v) is 6.98. The number of aromatic carboxylic acids is 1. The Morgan fingerprint density at radius 3 is 2.33 bits per heavy atom. The smallest absolute Gasteiger partial charge is 0.335 e. The summed E-state index contributed by atoms with van der Waals surface area (Å²) in [5.41, 5.74) is 2.17. The number of piperidine rings is 1. The van der Waals surface area contributed by atoms with E-state index in [9.17, 15) is 14.7 Å². The summed E-state index contributed by atoms with van der Waals surface area (Å²) in [5, 5.41) is 9.33. The van der Waals surface area contributed by atoms with E-state index in [1.807, 2.05) is 41.3 Å². The Morgan fingerprint density at radius 2 is 1.67 bits per heavy atom. The Labute approximate surface area is 159 Å². The third-order valence-corrected chi connectivity index (χ3v) is 5.26. The summed E-state index contributed by atoms with van der Waals surface area (Å²) in [7, 11) is 1.61. The van der Waals surface area contributed by atoms with Crippen molar-refractivity contribution in [2.75, 3.05) is 20.2 Å². The maximum absolute atomic E-state index is 12.6. The number of carbonyl (C=O) groups is 2. The van der Waals surface area contributed by atoms with Gasteiger partial charge in [-0.1, -0.05) is 36.4 Å². The predicted molar refractivity (Wildman–Crippen MR) is 103 cm³/mol. The number of methoxy groups -OCH3 is 1. The van der Waals surface area contributed by atoms with E-state index in [4.69, 9.17) is 4.74 Å². The van der Waals surface area contributed by atoms with Crippen molar-refractivity contribution in [3.63, 3.8) is 0 Å². The molecule has 1 aliphatic rings. The number of carbonyl (C=O) groups excluding carboxylic acids is 1. The van der Waals surface area contributed by atoms with Crippen molar-refractivity contribution in [1.82, 2.24) is 4.90 Å². The summed E-state index contributed by atoms with van der Waals surface area (Å²) >= 11 is 0. The Hall–Kier alpha value is -2.82. The van der Waals surface area contributed by atoms with E-state index in [1.165, 1.54) is 0 Å². The summed E-state index contributed by atoms with van der Waals surface area (Å²) in [4.78, 5) is 25.9. The van der Waals surface area contributed by atoms with Crippen molar-refractivity contribution in [2.24, 2.45) is 5.92 Å². The van der Waals surface area contributed by atoms with Crippen LogP contribution in [0.2, 0.25) is 0 Å². The molecule has 1 aliphatic heterocycles. The fourth-order valence-corrected chi connectivity index (χ4v) is 3.73. The molecule has 142 valence electrons. The van der Waals surface area contributed by atoms with Crippen LogP contribution in [0.1, 0.15) is 34.3 Å². The zero-order valence-electron chi connectivity index (χ0n) is 15.6. The minimum absolute atomic E-state index is 0.115. The van der Waals surface area contributed by atoms with Crippen LogP contribution in [-0.2, 0) is 17.6 Å². The number of carboxylic acids is 1. The fourth-order valence-electron chi connectivity index (χ4n) is 3.73. The first-order chi connectivity index (χ1) is 13.1. The summed E-state index contributed by atoms with van der Waals surface area (Å²) in [6.07, 6.45) is 2.88. The van der Waals surface area contributed by atoms with E-state index in [0.29, 0.717) is 31.0 Å². The first-order valence-electron chi connectivity index (χ1n) is 9.29. The number of nitrogens with zero attached hydrogens (tertiary/aromatic N) is 1. The van der Waals surface area contributed by atoms with Crippen LogP contribution >= 0.6 is 0 Å². The fraction of sp³-hybridized carbons (Fsp3) is 0.364. The minimum Gasteiger partial charge on any atom is -0.496 e. The summed E-state index contributed by atoms with van der Waals surface area (Å²) in [6, 6.07) is 14.8. The second-order valence-electron chi connectivity index (χ2n) is 6.98. The molecule has 1 heterocycles. The molecule has 1 amide bonds. The highest BCUT2D eigenvalue weighted by molar-refractivity contribution is 5.89. The number of benzene rings is 2. The second kappa shape index (κ2) is 8.71. The summed E-state index contributed by atoms with van der Waals surface area (Å²) < 4.78 is 5.33. The third-order valence-electron chi connectivity index (χ3n) is 5.26. The maximum Gasteiger partial charge on any atom is 0.335 e. The van der Waals surface area contributed by atoms with Crippen LogP contribution in [0.25, 0.3) is 0 Å². The predicted octanol–water partition coefficient (Wildman–Crippen LogP) is 3.42. The van der Waals surface area contributed by atoms with E-state index < -0.39 is 5.97 Å². The summed E-state index contributed by atoms with van der Waals surface area (Å²) in [5.74, 6) is 0.380. The number of likely N-dealkylation sites (tertiary alicyclic amines) is 1. The van der Waals surface area contributed by atoms with Crippen LogP contribution in [-0.4, -0.2) is 42.1 Å². The molecule has 0 radical (unpaired) electrons. The lowest BCUT2D eigenvalue weighted by atomic mass is 9.88. The van der Waals surface area contributed by atoms with E-state index in [0.717, 1.165) is 36.1 Å². The van der Waals surface area contributed by atoms with Crippen molar-refractivity contribution in [3.05, 3.63) is 65.2 Å². The van der Waals surface area contributed by atoms with E-state index in [-0.39, 0.29) is 5.91 Å². The molecule has 0 bridgehead atoms. The highest BCUT2D eigenvalue weighted by atomic mass is 16.5. The van der Waals surface area contributed by atoms with Gasteiger partial charge in [0.15, 0.2) is 0 Å². The quantitative estimate of drug-likeness (QED) is 0.850. The standard InChI is InChI=1S/C22H25NO4/c1-27-20-9-5-3-7-18(20)15-21(24)23-12-10-16(11-13-23)14-17-6-2-4-8-19(17)22(25)26/h2-9,16H,10-15H2,1H3,(H,25,26). The van der Waals surface area contributed by atoms with Crippen LogP contribution in [0.5, 0.6) is 5.75 Å². The van der Waals surface area contributed by atoms with Gasteiger partial charge in [-0.3, -0.25) is 4.79 Å². The SMILES string of the molecule is COc1ccccc1CC(=O)N1CCC(Cc2ccccc2C(=O)O)CC1. The highest BCUT2D eigenvalue weighted by Gasteiger charge is 2.24. The Kier molecular flexibility index (Phi) is 6.12. The van der Waals surface area contributed by atoms with Gasteiger partial charge in [0.1, 0.15) is 5.75 Å². The molecule has 1 N–H and O–H groups in total. The molecule has 2 aromatic carbocycles. The molecule has 0 unspecified atom stereocenters. The molecule has 0 aromatic heterocycles. The molecule has 0 atom stereocenters. The molecule has 0 aliphatic carbocycles. The van der Waals surface area contributed by atoms with Crippen LogP contribution in [0, 0.1) is 5.92 Å². The van der Waals surface area contributed by atoms with Crippen LogP contribution in [0.15, 0.2) is 48.5 Å². The molecule has 2 aromatic rings. The number of hydrogen-bond donors (Lipinski definition) is 1. The Morgan fingerprint density at radius 1 is 1.04 bits per heavy atom. The summed E-state index contributed by atoms with van der Waals surface area (Å²) in [6.45, 7) is 1.43. The number of ether oxygens (including phenoxy) is 1. The van der Waals surface area contributed by atoms with Gasteiger partial charge >= 0.3 is 5.97 Å². The lowest BCUT2D eigenvalue weighted by molar-refractivity contribution is -0.131. The molecule has 0 spiro atoms. The minimum atomic E-state index is -0.880. The van der Waals surface area contributed by atoms with Gasteiger partial charge in [-0.2, -0.15) is 0 Å². The monoisotopic (exact) mass is 367 g/mol. The van der Waals surface area contributed by atoms with Gasteiger partial charge in [0.2, 0.25) is 5.91 Å². The van der Waals surface area contributed by atoms with Gasteiger partial charge in [0.05, 0.1) is 19.1 Å². The average molecular weight is 367 g/mol. The molecular weight excluding hydrogens is 342 g/mol. The first-order valence-corrected chi connectivity index (χ1v) is 9.29. The lowest BCUT2D eigenvalue weighted by Crippen LogP contribution is -2.39. The van der Waals surface area contributed by atoms with Crippen LogP contribution in [0.4, 0.5) is 0 Å². The number of rotatable bonds is 6. The average Bonchev–Trinajstić information content (AvgIpc) is 2.69. The van der Waals surface area contributed by atoms with Crippen molar-refractivity contribution in [2.45, 2.75) is 25.7 Å². The van der Waals surface area contributed by atoms with Crippen LogP contribution in [0.3, 0.4) is 0 Å². The van der Waals surface area contributed by atoms with Gasteiger partial charge in [-0.25, -0.2) is 4.79 Å². The van der Waals surface area contributed by atoms with E-state index >= 15 is 0 Å². The van der Waals surface area contributed by atoms with E-state index in [2.05, 4.69) is 0 Å². The van der Waals surface area contributed by atoms with Crippen molar-refractivity contribution in [1.29, 1.82) is 0 Å². The Balaban J connectivity index is 1.56. The molecule has 5 nitrogen and oxygen atoms in total. The van der Waals surface area contributed by atoms with Gasteiger partial charge in [0.25, 0.3) is 0 Å². The van der Waals surface area contributed by atoms with Crippen molar-refractivity contribution < 1.29 is 19.4 Å².